The molecule has 0 spiro atoms. The van der Waals surface area contributed by atoms with Crippen LogP contribution in [0.5, 0.6) is 0 Å². The Morgan fingerprint density at radius 3 is 2.58 bits per heavy atom. The van der Waals surface area contributed by atoms with Crippen molar-refractivity contribution in [2.24, 2.45) is 5.92 Å². The van der Waals surface area contributed by atoms with Gasteiger partial charge in [0, 0.05) is 5.56 Å². The van der Waals surface area contributed by atoms with E-state index in [1.165, 1.54) is 18.2 Å². The summed E-state index contributed by atoms with van der Waals surface area (Å²) in [5.41, 5.74) is 0.856. The number of hydrogen-bond donors (Lipinski definition) is 3. The van der Waals surface area contributed by atoms with Crippen LogP contribution in [0.4, 0.5) is 0 Å². The maximum atomic E-state index is 12.3. The molecule has 0 aromatic heterocycles. The van der Waals surface area contributed by atoms with Crippen LogP contribution < -0.4 is 0 Å². The van der Waals surface area contributed by atoms with Crippen molar-refractivity contribution < 1.29 is 34.4 Å². The van der Waals surface area contributed by atoms with Gasteiger partial charge in [0.2, 0.25) is 0 Å². The monoisotopic (exact) mass is 360 g/mol. The number of aliphatic hydroxyl groups excluding tert-OH is 1. The number of benzene rings is 1. The van der Waals surface area contributed by atoms with E-state index in [4.69, 9.17) is 9.84 Å². The second-order valence-corrected chi connectivity index (χ2v) is 5.92. The van der Waals surface area contributed by atoms with Gasteiger partial charge in [-0.25, -0.2) is 9.59 Å². The lowest BCUT2D eigenvalue weighted by Gasteiger charge is -2.23. The van der Waals surface area contributed by atoms with Crippen LogP contribution in [0, 0.1) is 5.92 Å². The Bertz CT molecular complexity index is 789. The number of fused-ring (bicyclic) bond motifs is 1. The van der Waals surface area contributed by atoms with Gasteiger partial charge in [-0.3, -0.25) is 4.79 Å². The molecule has 1 aromatic rings. The minimum atomic E-state index is -1.33. The van der Waals surface area contributed by atoms with Crippen molar-refractivity contribution in [3.8, 4) is 0 Å². The molecule has 0 fully saturated rings. The van der Waals surface area contributed by atoms with Gasteiger partial charge < -0.3 is 20.1 Å². The average Bonchev–Trinajstić information content (AvgIpc) is 2.59. The van der Waals surface area contributed by atoms with Gasteiger partial charge >= 0.3 is 17.9 Å². The fourth-order valence-electron chi connectivity index (χ4n) is 2.83. The standard InChI is InChI=1S/C19H20O7/c1-2-3-7-26-19(25)11-8-14-12(15(9-11)18(23)24)5-4-6-13(14)16(20)10-17(21)22/h4-6,9-11,20H,2-3,7-8H2,1H3,(H,21,22)(H,23,24). The molecule has 26 heavy (non-hydrogen) atoms. The minimum absolute atomic E-state index is 0.0753. The van der Waals surface area contributed by atoms with Crippen LogP contribution in [0.2, 0.25) is 0 Å². The van der Waals surface area contributed by atoms with Gasteiger partial charge in [0.05, 0.1) is 24.2 Å². The Labute approximate surface area is 150 Å². The summed E-state index contributed by atoms with van der Waals surface area (Å²) >= 11 is 0. The summed E-state index contributed by atoms with van der Waals surface area (Å²) in [4.78, 5) is 34.7. The SMILES string of the molecule is CCCCOC(=O)C1C=C(C(=O)O)c2cccc(C(O)=CC(=O)O)c2C1. The van der Waals surface area contributed by atoms with Crippen molar-refractivity contribution in [2.45, 2.75) is 26.2 Å². The van der Waals surface area contributed by atoms with E-state index in [2.05, 4.69) is 0 Å². The predicted molar refractivity (Wildman–Crippen MR) is 93.4 cm³/mol. The van der Waals surface area contributed by atoms with Gasteiger partial charge in [0.1, 0.15) is 5.76 Å². The summed E-state index contributed by atoms with van der Waals surface area (Å²) < 4.78 is 5.18. The molecule has 0 bridgehead atoms. The molecule has 1 aliphatic carbocycles. The van der Waals surface area contributed by atoms with Gasteiger partial charge in [-0.1, -0.05) is 37.6 Å². The van der Waals surface area contributed by atoms with Crippen molar-refractivity contribution in [1.29, 1.82) is 0 Å². The van der Waals surface area contributed by atoms with Gasteiger partial charge in [-0.2, -0.15) is 0 Å². The zero-order chi connectivity index (χ0) is 19.3. The topological polar surface area (TPSA) is 121 Å². The molecular formula is C19H20O7. The second-order valence-electron chi connectivity index (χ2n) is 5.92. The molecule has 1 unspecified atom stereocenters. The number of carboxylic acid groups (broad SMARTS) is 2. The summed E-state index contributed by atoms with van der Waals surface area (Å²) in [6.07, 6.45) is 3.65. The molecule has 7 heteroatoms. The fourth-order valence-corrected chi connectivity index (χ4v) is 2.83. The van der Waals surface area contributed by atoms with Crippen LogP contribution in [-0.4, -0.2) is 39.8 Å². The number of carboxylic acids is 2. The Hall–Kier alpha value is -3.09. The lowest BCUT2D eigenvalue weighted by atomic mass is 9.81. The highest BCUT2D eigenvalue weighted by Gasteiger charge is 2.30. The summed E-state index contributed by atoms with van der Waals surface area (Å²) in [6, 6.07) is 4.57. The normalized spacial score (nSPS) is 16.4. The lowest BCUT2D eigenvalue weighted by molar-refractivity contribution is -0.147. The quantitative estimate of drug-likeness (QED) is 0.296. The first kappa shape index (κ1) is 19.2. The molecule has 1 aliphatic rings. The van der Waals surface area contributed by atoms with E-state index >= 15 is 0 Å². The highest BCUT2D eigenvalue weighted by molar-refractivity contribution is 6.17. The summed E-state index contributed by atoms with van der Waals surface area (Å²) in [6.45, 7) is 2.21. The van der Waals surface area contributed by atoms with E-state index < -0.39 is 29.6 Å². The Kier molecular flexibility index (Phi) is 6.16. The third-order valence-electron chi connectivity index (χ3n) is 4.07. The van der Waals surface area contributed by atoms with Gasteiger partial charge in [-0.15, -0.1) is 0 Å². The zero-order valence-electron chi connectivity index (χ0n) is 14.3. The molecule has 3 N–H and O–H groups in total. The zero-order valence-corrected chi connectivity index (χ0v) is 14.3. The maximum absolute atomic E-state index is 12.3. The molecule has 0 radical (unpaired) electrons. The number of unbranched alkanes of at least 4 members (excludes halogenated alkanes) is 1. The third-order valence-corrected chi connectivity index (χ3v) is 4.07. The van der Waals surface area contributed by atoms with Crippen molar-refractivity contribution in [1.82, 2.24) is 0 Å². The van der Waals surface area contributed by atoms with Crippen LogP contribution in [0.1, 0.15) is 36.5 Å². The molecule has 0 amide bonds. The molecule has 7 nitrogen and oxygen atoms in total. The Balaban J connectivity index is 2.45. The molecule has 0 heterocycles. The third kappa shape index (κ3) is 4.30. The second kappa shape index (κ2) is 8.33. The first-order valence-electron chi connectivity index (χ1n) is 8.23. The van der Waals surface area contributed by atoms with Gasteiger partial charge in [-0.05, 0) is 24.0 Å². The predicted octanol–water partition coefficient (Wildman–Crippen LogP) is 2.65. The highest BCUT2D eigenvalue weighted by atomic mass is 16.5. The minimum Gasteiger partial charge on any atom is -0.507 e. The maximum Gasteiger partial charge on any atom is 0.336 e. The number of carbonyl (C=O) groups excluding carboxylic acids is 1. The fraction of sp³-hybridized carbons (Fsp3) is 0.316. The lowest BCUT2D eigenvalue weighted by Crippen LogP contribution is -2.24. The van der Waals surface area contributed by atoms with E-state index in [-0.39, 0.29) is 24.2 Å². The highest BCUT2D eigenvalue weighted by Crippen LogP contribution is 2.34. The largest absolute Gasteiger partial charge is 0.507 e. The number of carbonyl (C=O) groups is 3. The molecule has 138 valence electrons. The summed E-state index contributed by atoms with van der Waals surface area (Å²) in [5, 5.41) is 28.4. The Morgan fingerprint density at radius 2 is 1.96 bits per heavy atom. The van der Waals surface area contributed by atoms with Crippen molar-refractivity contribution in [2.75, 3.05) is 6.61 Å². The number of hydrogen-bond acceptors (Lipinski definition) is 5. The van der Waals surface area contributed by atoms with E-state index in [0.717, 1.165) is 6.42 Å². The number of aliphatic carboxylic acids is 2. The molecule has 0 saturated carbocycles. The van der Waals surface area contributed by atoms with Crippen LogP contribution in [0.25, 0.3) is 11.3 Å². The van der Waals surface area contributed by atoms with Gasteiger partial charge in [0.15, 0.2) is 0 Å². The van der Waals surface area contributed by atoms with E-state index in [0.29, 0.717) is 23.6 Å². The molecule has 1 atom stereocenters. The van der Waals surface area contributed by atoms with E-state index in [1.807, 2.05) is 6.92 Å². The summed E-state index contributed by atoms with van der Waals surface area (Å²) in [7, 11) is 0. The van der Waals surface area contributed by atoms with E-state index in [1.54, 1.807) is 6.07 Å². The van der Waals surface area contributed by atoms with E-state index in [9.17, 15) is 24.6 Å². The van der Waals surface area contributed by atoms with Gasteiger partial charge in [0.25, 0.3) is 0 Å². The first-order chi connectivity index (χ1) is 12.3. The number of aliphatic hydroxyl groups is 1. The average molecular weight is 360 g/mol. The van der Waals surface area contributed by atoms with Crippen LogP contribution in [0.3, 0.4) is 0 Å². The molecule has 0 saturated heterocycles. The molecular weight excluding hydrogens is 340 g/mol. The smallest absolute Gasteiger partial charge is 0.336 e. The van der Waals surface area contributed by atoms with Crippen molar-refractivity contribution >= 4 is 29.2 Å². The number of rotatable bonds is 7. The molecule has 0 aliphatic heterocycles. The van der Waals surface area contributed by atoms with Crippen LogP contribution >= 0.6 is 0 Å². The Morgan fingerprint density at radius 1 is 1.23 bits per heavy atom. The van der Waals surface area contributed by atoms with Crippen molar-refractivity contribution in [3.63, 3.8) is 0 Å². The first-order valence-corrected chi connectivity index (χ1v) is 8.23. The van der Waals surface area contributed by atoms with Crippen LogP contribution in [-0.2, 0) is 25.5 Å². The summed E-state index contributed by atoms with van der Waals surface area (Å²) in [5.74, 6) is -4.40. The number of ether oxygens (including phenoxy) is 1. The van der Waals surface area contributed by atoms with Crippen molar-refractivity contribution in [3.05, 3.63) is 47.0 Å². The molecule has 2 rings (SSSR count). The number of esters is 1. The molecule has 1 aromatic carbocycles. The van der Waals surface area contributed by atoms with Crippen LogP contribution in [0.15, 0.2) is 30.4 Å².